The van der Waals surface area contributed by atoms with E-state index in [2.05, 4.69) is 26.1 Å². The Labute approximate surface area is 118 Å². The molecule has 2 rings (SSSR count). The molecule has 0 atom stereocenters. The summed E-state index contributed by atoms with van der Waals surface area (Å²) >= 11 is 3.14. The second-order valence-electron chi connectivity index (χ2n) is 4.05. The van der Waals surface area contributed by atoms with Gasteiger partial charge >= 0.3 is 5.82 Å². The van der Waals surface area contributed by atoms with E-state index in [1.54, 1.807) is 10.9 Å². The minimum absolute atomic E-state index is 0.168. The second-order valence-corrected chi connectivity index (χ2v) is 4.91. The standard InChI is InChI=1S/C11H14BrN5O2/c1-3-8-5-9(16(4-2)13-8)6-15-7-10(12)11(14-15)17(18)19/h5,7H,3-4,6H2,1-2H3. The first kappa shape index (κ1) is 13.7. The zero-order valence-electron chi connectivity index (χ0n) is 10.7. The maximum Gasteiger partial charge on any atom is 0.404 e. The molecule has 0 radical (unpaired) electrons. The van der Waals surface area contributed by atoms with Crippen LogP contribution in [0.2, 0.25) is 0 Å². The van der Waals surface area contributed by atoms with Gasteiger partial charge in [0.2, 0.25) is 0 Å². The van der Waals surface area contributed by atoms with Crippen LogP contribution in [-0.4, -0.2) is 24.5 Å². The van der Waals surface area contributed by atoms with E-state index in [-0.39, 0.29) is 5.82 Å². The van der Waals surface area contributed by atoms with E-state index in [1.165, 1.54) is 0 Å². The SMILES string of the molecule is CCc1cc(Cn2cc(Br)c([N+](=O)[O-])n2)n(CC)n1. The monoisotopic (exact) mass is 327 g/mol. The summed E-state index contributed by atoms with van der Waals surface area (Å²) < 4.78 is 3.82. The van der Waals surface area contributed by atoms with E-state index in [9.17, 15) is 10.1 Å². The molecule has 0 aliphatic heterocycles. The summed E-state index contributed by atoms with van der Waals surface area (Å²) in [6, 6.07) is 2.00. The highest BCUT2D eigenvalue weighted by atomic mass is 79.9. The van der Waals surface area contributed by atoms with Crippen molar-refractivity contribution < 1.29 is 4.92 Å². The summed E-state index contributed by atoms with van der Waals surface area (Å²) in [4.78, 5) is 10.2. The molecule has 0 aromatic carbocycles. The molecule has 2 aromatic rings. The first-order valence-electron chi connectivity index (χ1n) is 5.98. The molecule has 0 amide bonds. The molecule has 0 spiro atoms. The van der Waals surface area contributed by atoms with Gasteiger partial charge in [-0.05, 0) is 40.3 Å². The largest absolute Gasteiger partial charge is 0.404 e. The number of aryl methyl sites for hydroxylation is 2. The van der Waals surface area contributed by atoms with Crippen LogP contribution < -0.4 is 0 Å². The van der Waals surface area contributed by atoms with Gasteiger partial charge in [-0.1, -0.05) is 6.92 Å². The van der Waals surface area contributed by atoms with Gasteiger partial charge in [-0.15, -0.1) is 0 Å². The molecule has 0 bridgehead atoms. The molecule has 102 valence electrons. The van der Waals surface area contributed by atoms with Crippen molar-refractivity contribution in [3.63, 3.8) is 0 Å². The zero-order valence-corrected chi connectivity index (χ0v) is 12.3. The van der Waals surface area contributed by atoms with E-state index >= 15 is 0 Å². The molecule has 0 aliphatic carbocycles. The molecule has 0 aliphatic rings. The fourth-order valence-corrected chi connectivity index (χ4v) is 2.31. The van der Waals surface area contributed by atoms with Crippen molar-refractivity contribution in [3.05, 3.63) is 38.2 Å². The van der Waals surface area contributed by atoms with Gasteiger partial charge in [-0.2, -0.15) is 9.78 Å². The molecule has 2 heterocycles. The molecule has 0 N–H and O–H groups in total. The number of nitrogens with zero attached hydrogens (tertiary/aromatic N) is 5. The smallest absolute Gasteiger partial charge is 0.358 e. The second kappa shape index (κ2) is 5.52. The fourth-order valence-electron chi connectivity index (χ4n) is 1.85. The predicted molar refractivity (Wildman–Crippen MR) is 73.0 cm³/mol. The summed E-state index contributed by atoms with van der Waals surface area (Å²) in [5, 5.41) is 19.1. The Bertz CT molecular complexity index is 604. The molecule has 19 heavy (non-hydrogen) atoms. The van der Waals surface area contributed by atoms with Gasteiger partial charge in [0.1, 0.15) is 11.0 Å². The minimum Gasteiger partial charge on any atom is -0.358 e. The molecule has 0 fully saturated rings. The van der Waals surface area contributed by atoms with Gasteiger partial charge in [-0.25, -0.2) is 0 Å². The first-order valence-corrected chi connectivity index (χ1v) is 6.77. The van der Waals surface area contributed by atoms with Crippen molar-refractivity contribution in [3.8, 4) is 0 Å². The van der Waals surface area contributed by atoms with E-state index in [1.807, 2.05) is 24.6 Å². The van der Waals surface area contributed by atoms with Gasteiger partial charge in [0.25, 0.3) is 0 Å². The highest BCUT2D eigenvalue weighted by Gasteiger charge is 2.19. The lowest BCUT2D eigenvalue weighted by atomic mass is 10.3. The lowest BCUT2D eigenvalue weighted by Gasteiger charge is -2.01. The minimum atomic E-state index is -0.505. The molecule has 0 saturated carbocycles. The Morgan fingerprint density at radius 3 is 2.68 bits per heavy atom. The van der Waals surface area contributed by atoms with Crippen LogP contribution >= 0.6 is 15.9 Å². The van der Waals surface area contributed by atoms with Crippen molar-refractivity contribution in [2.24, 2.45) is 0 Å². The van der Waals surface area contributed by atoms with Crippen LogP contribution in [0.4, 0.5) is 5.82 Å². The Morgan fingerprint density at radius 1 is 1.42 bits per heavy atom. The average Bonchev–Trinajstić information content (AvgIpc) is 2.93. The van der Waals surface area contributed by atoms with Gasteiger partial charge in [0.05, 0.1) is 22.7 Å². The van der Waals surface area contributed by atoms with Crippen molar-refractivity contribution >= 4 is 21.7 Å². The lowest BCUT2D eigenvalue weighted by Crippen LogP contribution is -2.08. The topological polar surface area (TPSA) is 78.8 Å². The number of rotatable bonds is 5. The number of aromatic nitrogens is 4. The molecule has 7 nitrogen and oxygen atoms in total. The summed E-state index contributed by atoms with van der Waals surface area (Å²) in [5.41, 5.74) is 2.00. The van der Waals surface area contributed by atoms with Crippen LogP contribution in [-0.2, 0) is 19.5 Å². The van der Waals surface area contributed by atoms with Crippen molar-refractivity contribution in [1.82, 2.24) is 19.6 Å². The Kier molecular flexibility index (Phi) is 3.98. The van der Waals surface area contributed by atoms with Crippen LogP contribution in [0.3, 0.4) is 0 Å². The molecule has 0 saturated heterocycles. The molecular weight excluding hydrogens is 314 g/mol. The third kappa shape index (κ3) is 2.83. The number of hydrogen-bond donors (Lipinski definition) is 0. The summed E-state index contributed by atoms with van der Waals surface area (Å²) in [5.74, 6) is -0.168. The van der Waals surface area contributed by atoms with Crippen LogP contribution in [0.1, 0.15) is 25.2 Å². The van der Waals surface area contributed by atoms with Crippen LogP contribution in [0.15, 0.2) is 16.7 Å². The van der Waals surface area contributed by atoms with E-state index in [0.717, 1.165) is 24.4 Å². The van der Waals surface area contributed by atoms with Crippen LogP contribution in [0.25, 0.3) is 0 Å². The molecule has 2 aromatic heterocycles. The fraction of sp³-hybridized carbons (Fsp3) is 0.455. The summed E-state index contributed by atoms with van der Waals surface area (Å²) in [7, 11) is 0. The Hall–Kier alpha value is -1.70. The van der Waals surface area contributed by atoms with Gasteiger partial charge in [0.15, 0.2) is 0 Å². The summed E-state index contributed by atoms with van der Waals surface area (Å²) in [6.45, 7) is 5.28. The first-order chi connectivity index (χ1) is 9.05. The average molecular weight is 328 g/mol. The Balaban J connectivity index is 2.28. The number of nitro groups is 1. The van der Waals surface area contributed by atoms with Gasteiger partial charge in [-0.3, -0.25) is 4.68 Å². The number of hydrogen-bond acceptors (Lipinski definition) is 4. The van der Waals surface area contributed by atoms with E-state index < -0.39 is 4.92 Å². The van der Waals surface area contributed by atoms with Crippen LogP contribution in [0, 0.1) is 10.1 Å². The zero-order chi connectivity index (χ0) is 14.0. The molecule has 0 unspecified atom stereocenters. The van der Waals surface area contributed by atoms with Crippen LogP contribution in [0.5, 0.6) is 0 Å². The maximum atomic E-state index is 10.7. The quantitative estimate of drug-likeness (QED) is 0.623. The Morgan fingerprint density at radius 2 is 2.16 bits per heavy atom. The van der Waals surface area contributed by atoms with Gasteiger partial charge < -0.3 is 10.1 Å². The molecular formula is C11H14BrN5O2. The maximum absolute atomic E-state index is 10.7. The third-order valence-electron chi connectivity index (χ3n) is 2.77. The molecule has 8 heteroatoms. The third-order valence-corrected chi connectivity index (χ3v) is 3.33. The van der Waals surface area contributed by atoms with E-state index in [0.29, 0.717) is 11.0 Å². The predicted octanol–water partition coefficient (Wildman–Crippen LogP) is 2.38. The number of halogens is 1. The highest BCUT2D eigenvalue weighted by molar-refractivity contribution is 9.10. The normalized spacial score (nSPS) is 10.9. The van der Waals surface area contributed by atoms with Crippen molar-refractivity contribution in [1.29, 1.82) is 0 Å². The lowest BCUT2D eigenvalue weighted by molar-refractivity contribution is -0.390. The van der Waals surface area contributed by atoms with Crippen molar-refractivity contribution in [2.75, 3.05) is 0 Å². The van der Waals surface area contributed by atoms with E-state index in [4.69, 9.17) is 0 Å². The highest BCUT2D eigenvalue weighted by Crippen LogP contribution is 2.22. The van der Waals surface area contributed by atoms with Gasteiger partial charge in [0, 0.05) is 6.54 Å². The van der Waals surface area contributed by atoms with Crippen molar-refractivity contribution in [2.45, 2.75) is 33.4 Å². The summed E-state index contributed by atoms with van der Waals surface area (Å²) in [6.07, 6.45) is 2.47.